The monoisotopic (exact) mass is 382 g/mol. The van der Waals surface area contributed by atoms with Gasteiger partial charge in [0.1, 0.15) is 11.7 Å². The van der Waals surface area contributed by atoms with Crippen molar-refractivity contribution >= 4 is 17.7 Å². The number of fused-ring (bicyclic) bond motifs is 1. The molecule has 0 aromatic carbocycles. The van der Waals surface area contributed by atoms with Gasteiger partial charge < -0.3 is 19.7 Å². The van der Waals surface area contributed by atoms with Gasteiger partial charge in [0.05, 0.1) is 11.8 Å². The maximum absolute atomic E-state index is 12.6. The van der Waals surface area contributed by atoms with Crippen LogP contribution < -0.4 is 0 Å². The number of rotatable bonds is 3. The van der Waals surface area contributed by atoms with E-state index in [2.05, 4.69) is 6.58 Å². The summed E-state index contributed by atoms with van der Waals surface area (Å²) < 4.78 is 10.9. The average Bonchev–Trinajstić information content (AvgIpc) is 2.90. The summed E-state index contributed by atoms with van der Waals surface area (Å²) in [5, 5.41) is 21.7. The summed E-state index contributed by atoms with van der Waals surface area (Å²) in [5.74, 6) is -3.59. The van der Waals surface area contributed by atoms with Gasteiger partial charge in [-0.1, -0.05) is 27.4 Å². The molecule has 1 aliphatic heterocycles. The van der Waals surface area contributed by atoms with Crippen molar-refractivity contribution in [3.05, 3.63) is 12.2 Å². The molecular weight excluding hydrogens is 352 g/mol. The Morgan fingerprint density at radius 1 is 1.44 bits per heavy atom. The van der Waals surface area contributed by atoms with E-state index < -0.39 is 59.4 Å². The highest BCUT2D eigenvalue weighted by molar-refractivity contribution is 5.94. The number of hydrogen-bond acceptors (Lipinski definition) is 7. The second-order valence-electron chi connectivity index (χ2n) is 8.09. The van der Waals surface area contributed by atoms with Gasteiger partial charge in [0.2, 0.25) is 0 Å². The molecule has 2 fully saturated rings. The summed E-state index contributed by atoms with van der Waals surface area (Å²) in [4.78, 5) is 37.1. The van der Waals surface area contributed by atoms with Gasteiger partial charge in [-0.25, -0.2) is 4.79 Å². The number of carbonyl (C=O) groups excluding carboxylic acids is 3. The minimum absolute atomic E-state index is 0.0472. The van der Waals surface area contributed by atoms with E-state index in [-0.39, 0.29) is 12.0 Å². The van der Waals surface area contributed by atoms with E-state index in [1.165, 1.54) is 6.92 Å². The van der Waals surface area contributed by atoms with Crippen LogP contribution in [-0.4, -0.2) is 51.8 Å². The van der Waals surface area contributed by atoms with Crippen molar-refractivity contribution in [1.82, 2.24) is 0 Å². The predicted molar refractivity (Wildman–Crippen MR) is 96.5 cm³/mol. The minimum Gasteiger partial charge on any atom is -0.455 e. The van der Waals surface area contributed by atoms with E-state index in [0.717, 1.165) is 0 Å². The van der Waals surface area contributed by atoms with Crippen LogP contribution in [0.25, 0.3) is 0 Å². The average molecular weight is 382 g/mol. The maximum Gasteiger partial charge on any atom is 0.334 e. The van der Waals surface area contributed by atoms with Crippen molar-refractivity contribution in [3.8, 4) is 0 Å². The van der Waals surface area contributed by atoms with E-state index in [1.807, 2.05) is 6.92 Å². The second kappa shape index (κ2) is 8.10. The molecule has 7 nitrogen and oxygen atoms in total. The summed E-state index contributed by atoms with van der Waals surface area (Å²) in [5.41, 5.74) is -1.54. The van der Waals surface area contributed by atoms with Crippen LogP contribution in [0.15, 0.2) is 12.2 Å². The number of hydrogen-bond donors (Lipinski definition) is 2. The van der Waals surface area contributed by atoms with E-state index in [0.29, 0.717) is 19.3 Å². The Morgan fingerprint density at radius 2 is 2.07 bits per heavy atom. The molecule has 1 saturated heterocycles. The Hall–Kier alpha value is -1.73. The molecule has 1 aliphatic carbocycles. The van der Waals surface area contributed by atoms with Crippen molar-refractivity contribution in [1.29, 1.82) is 0 Å². The molecule has 7 atom stereocenters. The van der Waals surface area contributed by atoms with Crippen LogP contribution in [0, 0.1) is 17.8 Å². The molecule has 0 amide bonds. The van der Waals surface area contributed by atoms with E-state index in [9.17, 15) is 24.6 Å². The first-order chi connectivity index (χ1) is 12.5. The van der Waals surface area contributed by atoms with E-state index in [4.69, 9.17) is 9.47 Å². The Morgan fingerprint density at radius 3 is 2.67 bits per heavy atom. The molecule has 0 aromatic rings. The quantitative estimate of drug-likeness (QED) is 0.563. The molecule has 1 heterocycles. The molecule has 27 heavy (non-hydrogen) atoms. The zero-order chi connectivity index (χ0) is 20.5. The van der Waals surface area contributed by atoms with Crippen LogP contribution in [0.1, 0.15) is 53.4 Å². The summed E-state index contributed by atoms with van der Waals surface area (Å²) in [7, 11) is 0. The third kappa shape index (κ3) is 4.24. The lowest BCUT2D eigenvalue weighted by Crippen LogP contribution is -2.55. The summed E-state index contributed by atoms with van der Waals surface area (Å²) >= 11 is 0. The first-order valence-corrected chi connectivity index (χ1v) is 9.55. The maximum atomic E-state index is 12.6. The molecule has 2 N–H and O–H groups in total. The Kier molecular flexibility index (Phi) is 6.47. The number of ketones is 1. The van der Waals surface area contributed by atoms with Gasteiger partial charge in [0.25, 0.3) is 0 Å². The smallest absolute Gasteiger partial charge is 0.334 e. The van der Waals surface area contributed by atoms with Gasteiger partial charge in [-0.2, -0.15) is 0 Å². The first-order valence-electron chi connectivity index (χ1n) is 9.55. The van der Waals surface area contributed by atoms with Gasteiger partial charge in [-0.05, 0) is 32.6 Å². The van der Waals surface area contributed by atoms with E-state index >= 15 is 0 Å². The number of esters is 2. The topological polar surface area (TPSA) is 110 Å². The van der Waals surface area contributed by atoms with Crippen molar-refractivity contribution in [2.24, 2.45) is 17.8 Å². The lowest BCUT2D eigenvalue weighted by Gasteiger charge is -2.39. The Balaban J connectivity index is 2.46. The number of carbonyl (C=O) groups is 3. The van der Waals surface area contributed by atoms with Crippen molar-refractivity contribution in [3.63, 3.8) is 0 Å². The molecule has 1 saturated carbocycles. The fourth-order valence-corrected chi connectivity index (χ4v) is 3.70. The van der Waals surface area contributed by atoms with Crippen molar-refractivity contribution in [2.45, 2.75) is 77.3 Å². The SMILES string of the molecule is C=C1C(=O)OC2C1C(O)C(=O)C(C)CCCC(C)(O)C2OC(=O)C(C)CC. The Bertz CT molecular complexity index is 624. The lowest BCUT2D eigenvalue weighted by molar-refractivity contribution is -0.194. The summed E-state index contributed by atoms with van der Waals surface area (Å²) in [6.07, 6.45) is -2.12. The van der Waals surface area contributed by atoms with Crippen LogP contribution >= 0.6 is 0 Å². The number of ether oxygens (including phenoxy) is 2. The number of Topliss-reactive ketones (excluding diaryl/α,β-unsaturated/α-hetero) is 1. The zero-order valence-electron chi connectivity index (χ0n) is 16.4. The van der Waals surface area contributed by atoms with Gasteiger partial charge in [0, 0.05) is 11.5 Å². The summed E-state index contributed by atoms with van der Waals surface area (Å²) in [6.45, 7) is 10.4. The number of aliphatic hydroxyl groups excluding tert-OH is 1. The molecule has 152 valence electrons. The molecule has 0 spiro atoms. The second-order valence-corrected chi connectivity index (χ2v) is 8.09. The van der Waals surface area contributed by atoms with E-state index in [1.54, 1.807) is 13.8 Å². The van der Waals surface area contributed by atoms with Gasteiger partial charge in [-0.15, -0.1) is 0 Å². The molecule has 2 rings (SSSR count). The molecule has 7 heteroatoms. The fraction of sp³-hybridized carbons (Fsp3) is 0.750. The fourth-order valence-electron chi connectivity index (χ4n) is 3.70. The molecule has 0 radical (unpaired) electrons. The summed E-state index contributed by atoms with van der Waals surface area (Å²) in [6, 6.07) is 0. The molecule has 2 aliphatic rings. The van der Waals surface area contributed by atoms with Gasteiger partial charge in [-0.3, -0.25) is 9.59 Å². The van der Waals surface area contributed by atoms with Gasteiger partial charge in [0.15, 0.2) is 18.0 Å². The largest absolute Gasteiger partial charge is 0.455 e. The third-order valence-electron chi connectivity index (χ3n) is 5.87. The number of aliphatic hydroxyl groups is 2. The van der Waals surface area contributed by atoms with Gasteiger partial charge >= 0.3 is 11.9 Å². The van der Waals surface area contributed by atoms with Crippen LogP contribution in [-0.2, 0) is 23.9 Å². The molecule has 0 aromatic heterocycles. The highest BCUT2D eigenvalue weighted by Crippen LogP contribution is 2.40. The van der Waals surface area contributed by atoms with Crippen LogP contribution in [0.4, 0.5) is 0 Å². The standard InChI is InChI=1S/C20H30O7/c1-6-10(2)18(23)27-17-16-13(12(4)19(24)26-16)15(22)14(21)11(3)8-7-9-20(17,5)25/h10-11,13,15-17,22,25H,4,6-9H2,1-3,5H3. The van der Waals surface area contributed by atoms with Crippen molar-refractivity contribution in [2.75, 3.05) is 0 Å². The minimum atomic E-state index is -1.51. The highest BCUT2D eigenvalue weighted by atomic mass is 16.6. The molecular formula is C20H30O7. The van der Waals surface area contributed by atoms with Crippen LogP contribution in [0.2, 0.25) is 0 Å². The predicted octanol–water partition coefficient (Wildman–Crippen LogP) is 1.54. The van der Waals surface area contributed by atoms with Crippen LogP contribution in [0.5, 0.6) is 0 Å². The third-order valence-corrected chi connectivity index (χ3v) is 5.87. The molecule has 7 unspecified atom stereocenters. The zero-order valence-corrected chi connectivity index (χ0v) is 16.4. The first kappa shape index (κ1) is 21.6. The van der Waals surface area contributed by atoms with Crippen molar-refractivity contribution < 1.29 is 34.1 Å². The highest BCUT2D eigenvalue weighted by Gasteiger charge is 2.55. The normalized spacial score (nSPS) is 38.7. The molecule has 0 bridgehead atoms. The lowest BCUT2D eigenvalue weighted by atomic mass is 9.76. The van der Waals surface area contributed by atoms with Crippen LogP contribution in [0.3, 0.4) is 0 Å². The Labute approximate surface area is 159 Å².